The molecule has 1 N–H and O–H groups in total. The van der Waals surface area contributed by atoms with Gasteiger partial charge in [-0.3, -0.25) is 4.79 Å². The predicted molar refractivity (Wildman–Crippen MR) is 112 cm³/mol. The van der Waals surface area contributed by atoms with Gasteiger partial charge in [-0.2, -0.15) is 4.31 Å². The largest absolute Gasteiger partial charge is 0.495 e. The molecule has 1 aromatic carbocycles. The average Bonchev–Trinajstić information content (AvgIpc) is 3.12. The number of ether oxygens (including phenoxy) is 1. The number of nitrogens with zero attached hydrogens (tertiary/aromatic N) is 1. The molecule has 0 radical (unpaired) electrons. The molecule has 150 valence electrons. The molecule has 1 fully saturated rings. The first-order valence-corrected chi connectivity index (χ1v) is 11.4. The molecule has 8 heteroatoms. The summed E-state index contributed by atoms with van der Waals surface area (Å²) >= 11 is 1.59. The van der Waals surface area contributed by atoms with Crippen LogP contribution in [0.25, 0.3) is 6.08 Å². The minimum atomic E-state index is -3.67. The second kappa shape index (κ2) is 8.89. The summed E-state index contributed by atoms with van der Waals surface area (Å²) in [5.41, 5.74) is 0.411. The minimum absolute atomic E-state index is 0.0764. The van der Waals surface area contributed by atoms with E-state index in [9.17, 15) is 13.2 Å². The number of nitrogens with one attached hydrogen (secondary N) is 1. The SMILES string of the molecule is COc1ccc(NC(=O)/C=C/c2ccc(C)s2)cc1S(=O)(=O)N1CCCCC1. The van der Waals surface area contributed by atoms with Crippen LogP contribution in [0, 0.1) is 6.92 Å². The summed E-state index contributed by atoms with van der Waals surface area (Å²) in [5.74, 6) is -0.0503. The first-order chi connectivity index (χ1) is 13.4. The summed E-state index contributed by atoms with van der Waals surface area (Å²) in [7, 11) is -2.24. The molecule has 0 spiro atoms. The van der Waals surface area contributed by atoms with Gasteiger partial charge < -0.3 is 10.1 Å². The highest BCUT2D eigenvalue weighted by molar-refractivity contribution is 7.89. The zero-order valence-corrected chi connectivity index (χ0v) is 17.6. The smallest absolute Gasteiger partial charge is 0.248 e. The number of thiophene rings is 1. The number of rotatable bonds is 6. The maximum atomic E-state index is 13.0. The molecule has 0 aliphatic carbocycles. The Balaban J connectivity index is 1.80. The highest BCUT2D eigenvalue weighted by atomic mass is 32.2. The Bertz CT molecular complexity index is 974. The lowest BCUT2D eigenvalue weighted by Gasteiger charge is -2.26. The summed E-state index contributed by atoms with van der Waals surface area (Å²) in [5, 5.41) is 2.73. The zero-order valence-electron chi connectivity index (χ0n) is 16.0. The Morgan fingerprint density at radius 2 is 1.93 bits per heavy atom. The van der Waals surface area contributed by atoms with E-state index in [4.69, 9.17) is 4.74 Å². The van der Waals surface area contributed by atoms with E-state index < -0.39 is 10.0 Å². The lowest BCUT2D eigenvalue weighted by Crippen LogP contribution is -2.35. The van der Waals surface area contributed by atoms with Gasteiger partial charge in [0.1, 0.15) is 10.6 Å². The van der Waals surface area contributed by atoms with Crippen molar-refractivity contribution in [1.29, 1.82) is 0 Å². The summed E-state index contributed by atoms with van der Waals surface area (Å²) in [6.45, 7) is 3.01. The number of amides is 1. The summed E-state index contributed by atoms with van der Waals surface area (Å²) in [6.07, 6.45) is 5.92. The third kappa shape index (κ3) is 4.81. The number of aryl methyl sites for hydroxylation is 1. The number of piperidine rings is 1. The number of methoxy groups -OCH3 is 1. The molecular formula is C20H24N2O4S2. The fraction of sp³-hybridized carbons (Fsp3) is 0.350. The first-order valence-electron chi connectivity index (χ1n) is 9.14. The third-order valence-electron chi connectivity index (χ3n) is 4.52. The maximum absolute atomic E-state index is 13.0. The molecule has 3 rings (SSSR count). The second-order valence-corrected chi connectivity index (χ2v) is 9.83. The molecule has 2 aromatic rings. The van der Waals surface area contributed by atoms with Crippen LogP contribution in [0.15, 0.2) is 41.3 Å². The molecule has 1 amide bonds. The van der Waals surface area contributed by atoms with E-state index in [0.717, 1.165) is 24.1 Å². The van der Waals surface area contributed by atoms with Gasteiger partial charge in [0.05, 0.1) is 7.11 Å². The van der Waals surface area contributed by atoms with E-state index in [1.807, 2.05) is 19.1 Å². The van der Waals surface area contributed by atoms with E-state index in [-0.39, 0.29) is 16.6 Å². The van der Waals surface area contributed by atoms with Crippen molar-refractivity contribution in [3.05, 3.63) is 46.2 Å². The zero-order chi connectivity index (χ0) is 20.1. The molecule has 0 atom stereocenters. The van der Waals surface area contributed by atoms with Gasteiger partial charge in [0, 0.05) is 34.6 Å². The third-order valence-corrected chi connectivity index (χ3v) is 7.41. The van der Waals surface area contributed by atoms with Crippen molar-refractivity contribution >= 4 is 39.0 Å². The van der Waals surface area contributed by atoms with Crippen LogP contribution < -0.4 is 10.1 Å². The lowest BCUT2D eigenvalue weighted by atomic mass is 10.2. The van der Waals surface area contributed by atoms with Crippen LogP contribution >= 0.6 is 11.3 Å². The molecule has 2 heterocycles. The number of sulfonamides is 1. The van der Waals surface area contributed by atoms with Gasteiger partial charge in [-0.05, 0) is 56.2 Å². The van der Waals surface area contributed by atoms with Crippen LogP contribution in [0.5, 0.6) is 5.75 Å². The number of benzene rings is 1. The highest BCUT2D eigenvalue weighted by Crippen LogP contribution is 2.31. The van der Waals surface area contributed by atoms with Gasteiger partial charge in [-0.15, -0.1) is 11.3 Å². The maximum Gasteiger partial charge on any atom is 0.248 e. The standard InChI is InChI=1S/C20H24N2O4S2/c1-15-6-8-17(27-15)9-11-20(23)21-16-7-10-18(26-2)19(14-16)28(24,25)22-12-4-3-5-13-22/h6-11,14H,3-5,12-13H2,1-2H3,(H,21,23)/b11-9+. The van der Waals surface area contributed by atoms with E-state index >= 15 is 0 Å². The molecule has 28 heavy (non-hydrogen) atoms. The number of carbonyl (C=O) groups excluding carboxylic acids is 1. The average molecular weight is 421 g/mol. The lowest BCUT2D eigenvalue weighted by molar-refractivity contribution is -0.111. The van der Waals surface area contributed by atoms with Crippen LogP contribution in [0.1, 0.15) is 29.0 Å². The minimum Gasteiger partial charge on any atom is -0.495 e. The fourth-order valence-corrected chi connectivity index (χ4v) is 5.56. The van der Waals surface area contributed by atoms with Crippen molar-refractivity contribution in [2.75, 3.05) is 25.5 Å². The van der Waals surface area contributed by atoms with Crippen molar-refractivity contribution in [3.8, 4) is 5.75 Å². The van der Waals surface area contributed by atoms with Crippen LogP contribution in [-0.4, -0.2) is 38.8 Å². The van der Waals surface area contributed by atoms with Crippen molar-refractivity contribution in [2.45, 2.75) is 31.1 Å². The molecule has 0 unspecified atom stereocenters. The van der Waals surface area contributed by atoms with Crippen LogP contribution in [0.3, 0.4) is 0 Å². The Hall–Kier alpha value is -2.16. The van der Waals surface area contributed by atoms with Crippen LogP contribution in [-0.2, 0) is 14.8 Å². The molecular weight excluding hydrogens is 396 g/mol. The van der Waals surface area contributed by atoms with Crippen LogP contribution in [0.4, 0.5) is 5.69 Å². The molecule has 1 saturated heterocycles. The van der Waals surface area contributed by atoms with Gasteiger partial charge in [0.15, 0.2) is 0 Å². The van der Waals surface area contributed by atoms with E-state index in [0.29, 0.717) is 18.8 Å². The Kier molecular flexibility index (Phi) is 6.53. The molecule has 0 saturated carbocycles. The van der Waals surface area contributed by atoms with E-state index in [1.54, 1.807) is 29.5 Å². The Morgan fingerprint density at radius 3 is 2.57 bits per heavy atom. The Morgan fingerprint density at radius 1 is 1.18 bits per heavy atom. The number of carbonyl (C=O) groups is 1. The van der Waals surface area contributed by atoms with Crippen molar-refractivity contribution in [1.82, 2.24) is 4.31 Å². The predicted octanol–water partition coefficient (Wildman–Crippen LogP) is 3.89. The Labute approximate surface area is 169 Å². The van der Waals surface area contributed by atoms with E-state index in [2.05, 4.69) is 5.32 Å². The normalized spacial score (nSPS) is 15.6. The molecule has 1 aromatic heterocycles. The second-order valence-electron chi connectivity index (χ2n) is 6.60. The van der Waals surface area contributed by atoms with Crippen molar-refractivity contribution in [2.24, 2.45) is 0 Å². The number of hydrogen-bond acceptors (Lipinski definition) is 5. The van der Waals surface area contributed by atoms with Gasteiger partial charge in [0.25, 0.3) is 0 Å². The van der Waals surface area contributed by atoms with Gasteiger partial charge >= 0.3 is 0 Å². The molecule has 0 bridgehead atoms. The van der Waals surface area contributed by atoms with Gasteiger partial charge in [0.2, 0.25) is 15.9 Å². The monoisotopic (exact) mass is 420 g/mol. The topological polar surface area (TPSA) is 75.7 Å². The number of hydrogen-bond donors (Lipinski definition) is 1. The van der Waals surface area contributed by atoms with Crippen molar-refractivity contribution < 1.29 is 17.9 Å². The first kappa shape index (κ1) is 20.6. The van der Waals surface area contributed by atoms with E-state index in [1.165, 1.54) is 28.4 Å². The molecule has 6 nitrogen and oxygen atoms in total. The fourth-order valence-electron chi connectivity index (χ4n) is 3.09. The number of anilines is 1. The summed E-state index contributed by atoms with van der Waals surface area (Å²) in [6, 6.07) is 8.60. The van der Waals surface area contributed by atoms with Gasteiger partial charge in [-0.25, -0.2) is 8.42 Å². The highest BCUT2D eigenvalue weighted by Gasteiger charge is 2.29. The van der Waals surface area contributed by atoms with Gasteiger partial charge in [-0.1, -0.05) is 6.42 Å². The summed E-state index contributed by atoms with van der Waals surface area (Å²) in [4.78, 5) is 14.5. The summed E-state index contributed by atoms with van der Waals surface area (Å²) < 4.78 is 32.8. The van der Waals surface area contributed by atoms with Crippen molar-refractivity contribution in [3.63, 3.8) is 0 Å². The quantitative estimate of drug-likeness (QED) is 0.720. The molecule has 1 aliphatic rings. The molecule has 1 aliphatic heterocycles. The van der Waals surface area contributed by atoms with Crippen LogP contribution in [0.2, 0.25) is 0 Å².